The SMILES string of the molecule is COc1nc(N)nc2c1ccn2C1CC(O)C(COP(=O)(O)OP(=O)(O)OP(=O)(O)O)O1. The molecule has 5 atom stereocenters. The zero-order valence-corrected chi connectivity index (χ0v) is 18.7. The third-order valence-corrected chi connectivity index (χ3v) is 7.88. The number of aliphatic hydroxyl groups excluding tert-OH is 1. The summed E-state index contributed by atoms with van der Waals surface area (Å²) in [6.45, 7) is -0.791. The minimum atomic E-state index is -5.65. The van der Waals surface area contributed by atoms with Gasteiger partial charge in [0.15, 0.2) is 5.65 Å². The normalized spacial score (nSPS) is 25.5. The first-order valence-electron chi connectivity index (χ1n) is 8.49. The molecular formula is C12H19N4O13P3. The van der Waals surface area contributed by atoms with Crippen molar-refractivity contribution < 1.29 is 61.0 Å². The van der Waals surface area contributed by atoms with E-state index in [9.17, 15) is 23.7 Å². The predicted molar refractivity (Wildman–Crippen MR) is 103 cm³/mol. The van der Waals surface area contributed by atoms with Crippen LogP contribution < -0.4 is 10.5 Å². The molecule has 1 saturated heterocycles. The lowest BCUT2D eigenvalue weighted by molar-refractivity contribution is -0.0421. The number of methoxy groups -OCH3 is 1. The molecule has 20 heteroatoms. The third kappa shape index (κ3) is 6.11. The van der Waals surface area contributed by atoms with Crippen LogP contribution in [-0.4, -0.2) is 65.1 Å². The summed E-state index contributed by atoms with van der Waals surface area (Å²) in [5, 5.41) is 10.7. The van der Waals surface area contributed by atoms with Gasteiger partial charge in [0.25, 0.3) is 0 Å². The highest BCUT2D eigenvalue weighted by Crippen LogP contribution is 2.66. The van der Waals surface area contributed by atoms with E-state index in [1.165, 1.54) is 11.7 Å². The lowest BCUT2D eigenvalue weighted by Crippen LogP contribution is -2.26. The Hall–Kier alpha value is -1.45. The minimum Gasteiger partial charge on any atom is -0.480 e. The Morgan fingerprint density at radius 2 is 1.88 bits per heavy atom. The number of aromatic nitrogens is 3. The highest BCUT2D eigenvalue weighted by atomic mass is 31.3. The lowest BCUT2D eigenvalue weighted by atomic mass is 10.2. The predicted octanol–water partition coefficient (Wildman–Crippen LogP) is 0.0138. The van der Waals surface area contributed by atoms with Crippen LogP contribution in [0, 0.1) is 0 Å². The molecule has 1 aliphatic heterocycles. The molecule has 32 heavy (non-hydrogen) atoms. The van der Waals surface area contributed by atoms with E-state index < -0.39 is 48.5 Å². The van der Waals surface area contributed by atoms with Gasteiger partial charge in [-0.15, -0.1) is 0 Å². The zero-order valence-electron chi connectivity index (χ0n) is 16.1. The fourth-order valence-corrected chi connectivity index (χ4v) is 5.95. The van der Waals surface area contributed by atoms with Crippen LogP contribution in [0.5, 0.6) is 5.88 Å². The van der Waals surface area contributed by atoms with Crippen LogP contribution in [-0.2, 0) is 31.6 Å². The fourth-order valence-electron chi connectivity index (χ4n) is 2.92. The molecule has 180 valence electrons. The van der Waals surface area contributed by atoms with Gasteiger partial charge in [0.1, 0.15) is 12.3 Å². The number of ether oxygens (including phenoxy) is 2. The van der Waals surface area contributed by atoms with Gasteiger partial charge in [-0.3, -0.25) is 4.52 Å². The Bertz CT molecular complexity index is 1130. The molecule has 1 aliphatic rings. The molecule has 0 bridgehead atoms. The summed E-state index contributed by atoms with van der Waals surface area (Å²) in [6.07, 6.45) is -1.63. The Morgan fingerprint density at radius 3 is 2.50 bits per heavy atom. The molecule has 17 nitrogen and oxygen atoms in total. The van der Waals surface area contributed by atoms with Gasteiger partial charge in [0.05, 0.1) is 25.2 Å². The zero-order chi connectivity index (χ0) is 23.9. The molecule has 2 aromatic rings. The number of hydrogen-bond donors (Lipinski definition) is 6. The first-order valence-corrected chi connectivity index (χ1v) is 13.0. The van der Waals surface area contributed by atoms with Gasteiger partial charge in [0.2, 0.25) is 11.8 Å². The van der Waals surface area contributed by atoms with Gasteiger partial charge >= 0.3 is 23.5 Å². The van der Waals surface area contributed by atoms with E-state index in [4.69, 9.17) is 29.9 Å². The van der Waals surface area contributed by atoms with E-state index >= 15 is 0 Å². The van der Waals surface area contributed by atoms with Crippen molar-refractivity contribution in [1.82, 2.24) is 14.5 Å². The van der Waals surface area contributed by atoms with E-state index in [0.29, 0.717) is 11.0 Å². The molecule has 5 unspecified atom stereocenters. The molecule has 0 radical (unpaired) electrons. The summed E-state index contributed by atoms with van der Waals surface area (Å²) in [5.41, 5.74) is 6.00. The van der Waals surface area contributed by atoms with E-state index in [0.717, 1.165) is 0 Å². The first kappa shape index (κ1) is 25.2. The third-order valence-electron chi connectivity index (χ3n) is 4.08. The Labute approximate surface area is 179 Å². The average Bonchev–Trinajstić information content (AvgIpc) is 3.19. The highest BCUT2D eigenvalue weighted by molar-refractivity contribution is 7.66. The molecule has 0 aromatic carbocycles. The van der Waals surface area contributed by atoms with Crippen LogP contribution in [0.15, 0.2) is 12.3 Å². The summed E-state index contributed by atoms with van der Waals surface area (Å²) < 4.78 is 57.8. The molecule has 0 aliphatic carbocycles. The Kier molecular flexibility index (Phi) is 7.13. The molecule has 7 N–H and O–H groups in total. The summed E-state index contributed by atoms with van der Waals surface area (Å²) in [4.78, 5) is 43.8. The molecule has 3 rings (SSSR count). The minimum absolute atomic E-state index is 0.000424. The van der Waals surface area contributed by atoms with Crippen LogP contribution in [0.1, 0.15) is 12.6 Å². The van der Waals surface area contributed by atoms with Gasteiger partial charge in [-0.05, 0) is 6.07 Å². The van der Waals surface area contributed by atoms with Crippen molar-refractivity contribution in [2.24, 2.45) is 0 Å². The van der Waals surface area contributed by atoms with Crippen molar-refractivity contribution >= 4 is 40.4 Å². The smallest absolute Gasteiger partial charge is 0.480 e. The number of nitrogens with zero attached hydrogens (tertiary/aromatic N) is 3. The standard InChI is InChI=1S/C12H19N4O13P3/c1-25-11-6-2-3-16(10(6)14-12(13)15-11)9-4-7(17)8(27-9)5-26-31(21,22)29-32(23,24)28-30(18,19)20/h2-3,7-9,17H,4-5H2,1H3,(H,21,22)(H,23,24)(H2,13,14,15)(H2,18,19,20). The maximum atomic E-state index is 11.8. The molecule has 0 amide bonds. The van der Waals surface area contributed by atoms with Crippen molar-refractivity contribution in [3.05, 3.63) is 12.3 Å². The van der Waals surface area contributed by atoms with E-state index in [-0.39, 0.29) is 18.2 Å². The van der Waals surface area contributed by atoms with Crippen LogP contribution in [0.4, 0.5) is 5.95 Å². The molecule has 3 heterocycles. The molecule has 0 saturated carbocycles. The van der Waals surface area contributed by atoms with Gasteiger partial charge in [-0.2, -0.15) is 18.6 Å². The summed E-state index contributed by atoms with van der Waals surface area (Å²) in [7, 11) is -15.1. The van der Waals surface area contributed by atoms with E-state index in [1.54, 1.807) is 12.3 Å². The average molecular weight is 520 g/mol. The monoisotopic (exact) mass is 520 g/mol. The Balaban J connectivity index is 1.68. The molecular weight excluding hydrogens is 501 g/mol. The van der Waals surface area contributed by atoms with Crippen LogP contribution in [0.25, 0.3) is 11.0 Å². The summed E-state index contributed by atoms with van der Waals surface area (Å²) >= 11 is 0. The van der Waals surface area contributed by atoms with E-state index in [1.807, 2.05) is 0 Å². The van der Waals surface area contributed by atoms with Crippen molar-refractivity contribution in [3.63, 3.8) is 0 Å². The van der Waals surface area contributed by atoms with Crippen molar-refractivity contribution in [2.75, 3.05) is 19.5 Å². The number of fused-ring (bicyclic) bond motifs is 1. The number of aliphatic hydroxyl groups is 1. The lowest BCUT2D eigenvalue weighted by Gasteiger charge is -2.19. The van der Waals surface area contributed by atoms with Gasteiger partial charge in [0, 0.05) is 12.6 Å². The van der Waals surface area contributed by atoms with Crippen molar-refractivity contribution in [1.29, 1.82) is 0 Å². The molecule has 2 aromatic heterocycles. The van der Waals surface area contributed by atoms with Crippen LogP contribution >= 0.6 is 23.5 Å². The maximum absolute atomic E-state index is 11.8. The number of nitrogens with two attached hydrogens (primary N) is 1. The van der Waals surface area contributed by atoms with Crippen LogP contribution in [0.3, 0.4) is 0 Å². The van der Waals surface area contributed by atoms with Crippen molar-refractivity contribution in [2.45, 2.75) is 24.9 Å². The molecule has 0 spiro atoms. The number of hydrogen-bond acceptors (Lipinski definition) is 12. The quantitative estimate of drug-likeness (QED) is 0.238. The second kappa shape index (κ2) is 9.06. The first-order chi connectivity index (χ1) is 14.7. The van der Waals surface area contributed by atoms with Gasteiger partial charge in [-0.1, -0.05) is 0 Å². The largest absolute Gasteiger partial charge is 0.490 e. The highest BCUT2D eigenvalue weighted by Gasteiger charge is 2.43. The number of anilines is 1. The number of rotatable bonds is 9. The second-order valence-corrected chi connectivity index (χ2v) is 10.8. The number of nitrogen functional groups attached to an aromatic ring is 1. The molecule has 1 fully saturated rings. The summed E-state index contributed by atoms with van der Waals surface area (Å²) in [5.74, 6) is 0.144. The van der Waals surface area contributed by atoms with Crippen molar-refractivity contribution in [3.8, 4) is 5.88 Å². The van der Waals surface area contributed by atoms with E-state index in [2.05, 4.69) is 23.1 Å². The Morgan fingerprint density at radius 1 is 1.19 bits per heavy atom. The van der Waals surface area contributed by atoms with Gasteiger partial charge in [-0.25, -0.2) is 13.7 Å². The van der Waals surface area contributed by atoms with Gasteiger partial charge < -0.3 is 44.5 Å². The maximum Gasteiger partial charge on any atom is 0.490 e. The fraction of sp³-hybridized carbons (Fsp3) is 0.500. The topological polar surface area (TPSA) is 255 Å². The van der Waals surface area contributed by atoms with Crippen LogP contribution in [0.2, 0.25) is 0 Å². The second-order valence-electron chi connectivity index (χ2n) is 6.37. The number of phosphoric acid groups is 3. The summed E-state index contributed by atoms with van der Waals surface area (Å²) in [6, 6.07) is 1.63. The number of phosphoric ester groups is 1.